The minimum atomic E-state index is -0.754. The first-order valence-electron chi connectivity index (χ1n) is 11.7. The number of pyridine rings is 2. The third-order valence-electron chi connectivity index (χ3n) is 6.08. The van der Waals surface area contributed by atoms with Gasteiger partial charge in [0.15, 0.2) is 0 Å². The van der Waals surface area contributed by atoms with Crippen molar-refractivity contribution in [3.05, 3.63) is 42.5 Å². The van der Waals surface area contributed by atoms with Crippen LogP contribution in [-0.4, -0.2) is 49.6 Å². The Balaban J connectivity index is 1.55. The number of nitrogens with two attached hydrogens (primary N) is 1. The van der Waals surface area contributed by atoms with E-state index >= 15 is 0 Å². The highest BCUT2D eigenvalue weighted by molar-refractivity contribution is 6.40. The van der Waals surface area contributed by atoms with Crippen molar-refractivity contribution in [2.45, 2.75) is 52.3 Å². The molecule has 0 aliphatic carbocycles. The van der Waals surface area contributed by atoms with E-state index in [4.69, 9.17) is 10.5 Å². The predicted molar refractivity (Wildman–Crippen MR) is 129 cm³/mol. The van der Waals surface area contributed by atoms with Crippen LogP contribution in [0.25, 0.3) is 10.9 Å². The van der Waals surface area contributed by atoms with Gasteiger partial charge in [0, 0.05) is 25.5 Å². The van der Waals surface area contributed by atoms with Crippen LogP contribution in [0, 0.1) is 5.92 Å². The molecule has 3 aromatic rings. The van der Waals surface area contributed by atoms with Gasteiger partial charge in [-0.1, -0.05) is 26.3 Å². The predicted octanol–water partition coefficient (Wildman–Crippen LogP) is 3.12. The molecule has 4 heterocycles. The van der Waals surface area contributed by atoms with Gasteiger partial charge in [0.05, 0.1) is 29.5 Å². The number of nitrogen functional groups attached to an aromatic ring is 1. The molecule has 3 aromatic heterocycles. The van der Waals surface area contributed by atoms with E-state index in [0.717, 1.165) is 31.4 Å². The van der Waals surface area contributed by atoms with Crippen molar-refractivity contribution in [1.82, 2.24) is 24.6 Å². The summed E-state index contributed by atoms with van der Waals surface area (Å²) in [5.41, 5.74) is 7.59. The SMILES string of the molecule is CC[C@@H](C)CN(Cc1ccccn1)C(=O)C(=O)Nc1cnc(N)c2cn(C3CCCCO3)nc12. The lowest BCUT2D eigenvalue weighted by Crippen LogP contribution is -2.41. The molecular weight excluding hydrogens is 434 g/mol. The van der Waals surface area contributed by atoms with Gasteiger partial charge in [-0.2, -0.15) is 5.10 Å². The van der Waals surface area contributed by atoms with E-state index in [1.165, 1.54) is 11.1 Å². The van der Waals surface area contributed by atoms with E-state index in [0.29, 0.717) is 35.6 Å². The van der Waals surface area contributed by atoms with E-state index in [9.17, 15) is 9.59 Å². The number of fused-ring (bicyclic) bond motifs is 1. The molecule has 0 saturated carbocycles. The van der Waals surface area contributed by atoms with Crippen molar-refractivity contribution in [2.75, 3.05) is 24.2 Å². The average Bonchev–Trinajstić information content (AvgIpc) is 3.33. The van der Waals surface area contributed by atoms with Gasteiger partial charge in [0.25, 0.3) is 0 Å². The van der Waals surface area contributed by atoms with E-state index in [-0.39, 0.29) is 18.7 Å². The molecule has 4 rings (SSSR count). The van der Waals surface area contributed by atoms with E-state index in [1.807, 2.05) is 25.1 Å². The third kappa shape index (κ3) is 5.33. The second-order valence-corrected chi connectivity index (χ2v) is 8.72. The molecule has 1 fully saturated rings. The minimum absolute atomic E-state index is 0.185. The summed E-state index contributed by atoms with van der Waals surface area (Å²) in [6.45, 7) is 5.47. The van der Waals surface area contributed by atoms with Gasteiger partial charge in [-0.25, -0.2) is 9.67 Å². The van der Waals surface area contributed by atoms with E-state index in [2.05, 4.69) is 27.3 Å². The topological polar surface area (TPSA) is 128 Å². The van der Waals surface area contributed by atoms with Gasteiger partial charge in [-0.3, -0.25) is 14.6 Å². The fourth-order valence-electron chi connectivity index (χ4n) is 3.95. The van der Waals surface area contributed by atoms with Crippen LogP contribution >= 0.6 is 0 Å². The molecule has 1 saturated heterocycles. The Morgan fingerprint density at radius 3 is 2.88 bits per heavy atom. The normalized spacial score (nSPS) is 16.8. The van der Waals surface area contributed by atoms with Crippen LogP contribution in [0.5, 0.6) is 0 Å². The van der Waals surface area contributed by atoms with Crippen LogP contribution in [0.15, 0.2) is 36.8 Å². The van der Waals surface area contributed by atoms with Gasteiger partial charge >= 0.3 is 11.8 Å². The molecular formula is C24H31N7O3. The van der Waals surface area contributed by atoms with Gasteiger partial charge < -0.3 is 20.7 Å². The molecule has 2 amide bonds. The van der Waals surface area contributed by atoms with Gasteiger partial charge in [0.1, 0.15) is 17.6 Å². The summed E-state index contributed by atoms with van der Waals surface area (Å²) >= 11 is 0. The summed E-state index contributed by atoms with van der Waals surface area (Å²) in [6.07, 6.45) is 8.50. The molecule has 0 bridgehead atoms. The molecule has 1 aliphatic heterocycles. The zero-order valence-corrected chi connectivity index (χ0v) is 19.6. The molecule has 34 heavy (non-hydrogen) atoms. The Morgan fingerprint density at radius 2 is 2.18 bits per heavy atom. The number of ether oxygens (including phenoxy) is 1. The molecule has 10 heteroatoms. The van der Waals surface area contributed by atoms with Crippen LogP contribution in [0.3, 0.4) is 0 Å². The highest BCUT2D eigenvalue weighted by atomic mass is 16.5. The summed E-state index contributed by atoms with van der Waals surface area (Å²) in [7, 11) is 0. The largest absolute Gasteiger partial charge is 0.383 e. The maximum absolute atomic E-state index is 13.2. The Kier molecular flexibility index (Phi) is 7.36. The second kappa shape index (κ2) is 10.6. The molecule has 180 valence electrons. The van der Waals surface area contributed by atoms with Crippen molar-refractivity contribution < 1.29 is 14.3 Å². The average molecular weight is 466 g/mol. The summed E-state index contributed by atoms with van der Waals surface area (Å²) < 4.78 is 7.53. The first kappa shape index (κ1) is 23.6. The molecule has 2 atom stereocenters. The number of carbonyl (C=O) groups is 2. The number of carbonyl (C=O) groups excluding carboxylic acids is 2. The fourth-order valence-corrected chi connectivity index (χ4v) is 3.95. The number of anilines is 2. The monoisotopic (exact) mass is 465 g/mol. The summed E-state index contributed by atoms with van der Waals surface area (Å²) in [5, 5.41) is 7.91. The van der Waals surface area contributed by atoms with Crippen molar-refractivity contribution in [3.63, 3.8) is 0 Å². The fraction of sp³-hybridized carbons (Fsp3) is 0.458. The Bertz CT molecular complexity index is 1140. The molecule has 0 radical (unpaired) electrons. The van der Waals surface area contributed by atoms with E-state index in [1.54, 1.807) is 17.1 Å². The lowest BCUT2D eigenvalue weighted by molar-refractivity contribution is -0.144. The summed E-state index contributed by atoms with van der Waals surface area (Å²) in [4.78, 5) is 36.2. The molecule has 0 aromatic carbocycles. The number of nitrogens with one attached hydrogen (secondary N) is 1. The van der Waals surface area contributed by atoms with Crippen molar-refractivity contribution in [1.29, 1.82) is 0 Å². The lowest BCUT2D eigenvalue weighted by Gasteiger charge is -2.24. The first-order valence-corrected chi connectivity index (χ1v) is 11.7. The zero-order valence-electron chi connectivity index (χ0n) is 19.6. The number of rotatable bonds is 7. The maximum atomic E-state index is 13.2. The summed E-state index contributed by atoms with van der Waals surface area (Å²) in [6, 6.07) is 5.51. The van der Waals surface area contributed by atoms with Crippen molar-refractivity contribution >= 4 is 34.2 Å². The quantitative estimate of drug-likeness (QED) is 0.513. The minimum Gasteiger partial charge on any atom is -0.383 e. The standard InChI is InChI=1S/C24H31N7O3/c1-3-16(2)13-30(14-17-8-4-6-10-26-17)24(33)23(32)28-19-12-27-22(25)18-15-31(29-21(18)19)20-9-5-7-11-34-20/h4,6,8,10,12,15-16,20H,3,5,7,9,11,13-14H2,1-2H3,(H2,25,27)(H,28,32)/t16-,20?/m1/s1. The lowest BCUT2D eigenvalue weighted by atomic mass is 10.1. The number of aromatic nitrogens is 4. The molecule has 10 nitrogen and oxygen atoms in total. The summed E-state index contributed by atoms with van der Waals surface area (Å²) in [5.74, 6) is -0.854. The highest BCUT2D eigenvalue weighted by Crippen LogP contribution is 2.29. The van der Waals surface area contributed by atoms with Crippen LogP contribution in [0.2, 0.25) is 0 Å². The number of nitrogens with zero attached hydrogens (tertiary/aromatic N) is 5. The number of hydrogen-bond donors (Lipinski definition) is 2. The number of amides is 2. The molecule has 1 unspecified atom stereocenters. The maximum Gasteiger partial charge on any atom is 0.314 e. The molecule has 1 aliphatic rings. The van der Waals surface area contributed by atoms with Crippen LogP contribution in [0.4, 0.5) is 11.5 Å². The third-order valence-corrected chi connectivity index (χ3v) is 6.08. The first-order chi connectivity index (χ1) is 16.5. The van der Waals surface area contributed by atoms with Crippen LogP contribution < -0.4 is 11.1 Å². The number of hydrogen-bond acceptors (Lipinski definition) is 7. The van der Waals surface area contributed by atoms with Gasteiger partial charge in [0.2, 0.25) is 0 Å². The van der Waals surface area contributed by atoms with Crippen LogP contribution in [0.1, 0.15) is 51.5 Å². The highest BCUT2D eigenvalue weighted by Gasteiger charge is 2.26. The second-order valence-electron chi connectivity index (χ2n) is 8.72. The Labute approximate surface area is 198 Å². The van der Waals surface area contributed by atoms with Crippen molar-refractivity contribution in [3.8, 4) is 0 Å². The smallest absolute Gasteiger partial charge is 0.314 e. The van der Waals surface area contributed by atoms with E-state index < -0.39 is 11.8 Å². The van der Waals surface area contributed by atoms with Gasteiger partial charge in [-0.15, -0.1) is 0 Å². The Morgan fingerprint density at radius 1 is 1.32 bits per heavy atom. The molecule has 3 N–H and O–H groups in total. The zero-order chi connectivity index (χ0) is 24.1. The Hall–Kier alpha value is -3.53. The van der Waals surface area contributed by atoms with Gasteiger partial charge in [-0.05, 0) is 37.3 Å². The molecule has 0 spiro atoms. The van der Waals surface area contributed by atoms with Crippen molar-refractivity contribution in [2.24, 2.45) is 5.92 Å². The van der Waals surface area contributed by atoms with Crippen LogP contribution in [-0.2, 0) is 20.9 Å².